The maximum absolute atomic E-state index is 11.4. The summed E-state index contributed by atoms with van der Waals surface area (Å²) in [5, 5.41) is 9.30. The summed E-state index contributed by atoms with van der Waals surface area (Å²) < 4.78 is 15.5. The third-order valence-corrected chi connectivity index (χ3v) is 2.78. The Balaban J connectivity index is 0.00000288. The van der Waals surface area contributed by atoms with Crippen LogP contribution in [0.1, 0.15) is 10.5 Å². The Morgan fingerprint density at radius 2 is 1.67 bits per heavy atom. The van der Waals surface area contributed by atoms with Crippen LogP contribution in [0.4, 0.5) is 5.82 Å². The monoisotopic (exact) mass is 356 g/mol. The van der Waals surface area contributed by atoms with E-state index in [2.05, 4.69) is 15.0 Å². The highest BCUT2D eigenvalue weighted by atomic mass is 35.5. The van der Waals surface area contributed by atoms with Crippen molar-refractivity contribution in [3.8, 4) is 23.5 Å². The number of carboxylic acids is 1. The number of methoxy groups -OCH3 is 2. The lowest BCUT2D eigenvalue weighted by molar-refractivity contribution is 0.0687. The van der Waals surface area contributed by atoms with Gasteiger partial charge >= 0.3 is 12.0 Å². The number of hydrogen-bond acceptors (Lipinski definition) is 8. The zero-order valence-corrected chi connectivity index (χ0v) is 14.3. The molecule has 0 atom stereocenters. The van der Waals surface area contributed by atoms with Crippen LogP contribution in [-0.2, 0) is 0 Å². The average Bonchev–Trinajstić information content (AvgIpc) is 2.54. The smallest absolute Gasteiger partial charge is 0.358 e. The third kappa shape index (κ3) is 4.35. The molecule has 0 aromatic carbocycles. The van der Waals surface area contributed by atoms with Gasteiger partial charge in [-0.25, -0.2) is 9.78 Å². The summed E-state index contributed by atoms with van der Waals surface area (Å²) in [5.74, 6) is -0.279. The topological polar surface area (TPSA) is 107 Å². The first-order valence-corrected chi connectivity index (χ1v) is 6.51. The second-order valence-corrected chi connectivity index (χ2v) is 4.55. The molecule has 2 heterocycles. The van der Waals surface area contributed by atoms with Crippen molar-refractivity contribution in [1.82, 2.24) is 15.0 Å². The molecule has 10 heteroatoms. The number of carboxylic acid groups (broad SMARTS) is 1. The fourth-order valence-electron chi connectivity index (χ4n) is 1.66. The van der Waals surface area contributed by atoms with Gasteiger partial charge in [-0.3, -0.25) is 0 Å². The predicted molar refractivity (Wildman–Crippen MR) is 88.0 cm³/mol. The molecule has 0 fully saturated rings. The molecule has 130 valence electrons. The van der Waals surface area contributed by atoms with Crippen molar-refractivity contribution >= 4 is 24.2 Å². The Morgan fingerprint density at radius 3 is 2.12 bits per heavy atom. The van der Waals surface area contributed by atoms with Gasteiger partial charge in [-0.2, -0.15) is 9.97 Å². The minimum Gasteiger partial charge on any atom is -0.481 e. The van der Waals surface area contributed by atoms with E-state index in [0.717, 1.165) is 0 Å². The molecule has 0 amide bonds. The number of aromatic carboxylic acids is 1. The van der Waals surface area contributed by atoms with Crippen LogP contribution >= 0.6 is 12.4 Å². The van der Waals surface area contributed by atoms with Crippen molar-refractivity contribution in [1.29, 1.82) is 0 Å². The quantitative estimate of drug-likeness (QED) is 0.829. The van der Waals surface area contributed by atoms with E-state index < -0.39 is 5.97 Å². The zero-order chi connectivity index (χ0) is 17.0. The lowest BCUT2D eigenvalue weighted by atomic mass is 10.3. The molecule has 2 aromatic rings. The van der Waals surface area contributed by atoms with E-state index in [1.54, 1.807) is 25.1 Å². The molecule has 0 unspecified atom stereocenters. The number of nitrogens with zero attached hydrogens (tertiary/aromatic N) is 4. The minimum absolute atomic E-state index is 0. The summed E-state index contributed by atoms with van der Waals surface area (Å²) in [6.45, 7) is 0. The van der Waals surface area contributed by atoms with E-state index in [-0.39, 0.29) is 41.6 Å². The molecule has 2 aromatic heterocycles. The number of aromatic nitrogens is 3. The highest BCUT2D eigenvalue weighted by molar-refractivity contribution is 5.89. The summed E-state index contributed by atoms with van der Waals surface area (Å²) in [5.41, 5.74) is -0.249. The Morgan fingerprint density at radius 1 is 1.08 bits per heavy atom. The number of hydrogen-bond donors (Lipinski definition) is 1. The molecular weight excluding hydrogens is 340 g/mol. The first kappa shape index (κ1) is 19.2. The Kier molecular flexibility index (Phi) is 6.54. The van der Waals surface area contributed by atoms with Gasteiger partial charge in [0.1, 0.15) is 5.82 Å². The van der Waals surface area contributed by atoms with E-state index in [1.165, 1.54) is 26.4 Å². The molecule has 0 saturated carbocycles. The second-order valence-electron chi connectivity index (χ2n) is 4.55. The normalized spacial score (nSPS) is 9.67. The van der Waals surface area contributed by atoms with Crippen LogP contribution in [0.2, 0.25) is 0 Å². The first-order valence-electron chi connectivity index (χ1n) is 6.51. The van der Waals surface area contributed by atoms with Crippen molar-refractivity contribution < 1.29 is 24.1 Å². The van der Waals surface area contributed by atoms with Crippen molar-refractivity contribution in [3.63, 3.8) is 0 Å². The number of anilines is 1. The Labute approximate surface area is 144 Å². The van der Waals surface area contributed by atoms with Crippen LogP contribution in [0.5, 0.6) is 23.5 Å². The van der Waals surface area contributed by atoms with Crippen LogP contribution in [0, 0.1) is 0 Å². The van der Waals surface area contributed by atoms with Crippen LogP contribution < -0.4 is 19.1 Å². The second kappa shape index (κ2) is 8.16. The van der Waals surface area contributed by atoms with Gasteiger partial charge in [-0.15, -0.1) is 12.4 Å². The summed E-state index contributed by atoms with van der Waals surface area (Å²) in [6, 6.07) is 4.47. The van der Waals surface area contributed by atoms with E-state index in [0.29, 0.717) is 5.82 Å². The van der Waals surface area contributed by atoms with Gasteiger partial charge in [0.2, 0.25) is 11.8 Å². The van der Waals surface area contributed by atoms with Gasteiger partial charge in [-0.05, 0) is 12.1 Å². The summed E-state index contributed by atoms with van der Waals surface area (Å²) in [6.07, 6.45) is 0. The lowest BCUT2D eigenvalue weighted by Gasteiger charge is -2.14. The average molecular weight is 357 g/mol. The summed E-state index contributed by atoms with van der Waals surface area (Å²) >= 11 is 0. The molecule has 0 spiro atoms. The molecule has 0 bridgehead atoms. The Hall–Kier alpha value is -2.81. The minimum atomic E-state index is -1.22. The van der Waals surface area contributed by atoms with E-state index in [4.69, 9.17) is 14.2 Å². The number of carbonyl (C=O) groups is 1. The van der Waals surface area contributed by atoms with Gasteiger partial charge in [0.15, 0.2) is 11.4 Å². The van der Waals surface area contributed by atoms with Gasteiger partial charge in [0.25, 0.3) is 0 Å². The van der Waals surface area contributed by atoms with Crippen LogP contribution in [-0.4, -0.2) is 54.3 Å². The lowest BCUT2D eigenvalue weighted by Crippen LogP contribution is -2.13. The van der Waals surface area contributed by atoms with Crippen molar-refractivity contribution in [3.05, 3.63) is 23.9 Å². The number of pyridine rings is 1. The molecule has 2 rings (SSSR count). The number of rotatable bonds is 6. The molecule has 0 aliphatic rings. The highest BCUT2D eigenvalue weighted by Crippen LogP contribution is 2.27. The van der Waals surface area contributed by atoms with Crippen LogP contribution in [0.3, 0.4) is 0 Å². The fourth-order valence-corrected chi connectivity index (χ4v) is 1.66. The van der Waals surface area contributed by atoms with E-state index in [1.807, 2.05) is 0 Å². The maximum atomic E-state index is 11.4. The SMILES string of the molecule is COc1cc(OC)nc(Oc2ccc(N(C)C)nc2C(=O)O)n1.Cl. The molecule has 9 nitrogen and oxygen atoms in total. The van der Waals surface area contributed by atoms with Crippen molar-refractivity contribution in [2.75, 3.05) is 33.2 Å². The Bertz CT molecular complexity index is 704. The van der Waals surface area contributed by atoms with Crippen molar-refractivity contribution in [2.24, 2.45) is 0 Å². The van der Waals surface area contributed by atoms with Crippen molar-refractivity contribution in [2.45, 2.75) is 0 Å². The van der Waals surface area contributed by atoms with Gasteiger partial charge < -0.3 is 24.2 Å². The molecule has 1 N–H and O–H groups in total. The number of ether oxygens (including phenoxy) is 3. The van der Waals surface area contributed by atoms with Gasteiger partial charge in [-0.1, -0.05) is 0 Å². The number of halogens is 1. The summed E-state index contributed by atoms with van der Waals surface area (Å²) in [7, 11) is 6.37. The predicted octanol–water partition coefficient (Wildman–Crippen LogP) is 1.87. The summed E-state index contributed by atoms with van der Waals surface area (Å²) in [4.78, 5) is 25.1. The molecule has 0 aliphatic heterocycles. The van der Waals surface area contributed by atoms with Crippen LogP contribution in [0.15, 0.2) is 18.2 Å². The third-order valence-electron chi connectivity index (χ3n) is 2.78. The van der Waals surface area contributed by atoms with Gasteiger partial charge in [0.05, 0.1) is 20.3 Å². The van der Waals surface area contributed by atoms with E-state index in [9.17, 15) is 9.90 Å². The highest BCUT2D eigenvalue weighted by Gasteiger charge is 2.18. The largest absolute Gasteiger partial charge is 0.481 e. The molecule has 24 heavy (non-hydrogen) atoms. The molecule has 0 saturated heterocycles. The van der Waals surface area contributed by atoms with E-state index >= 15 is 0 Å². The zero-order valence-electron chi connectivity index (χ0n) is 13.5. The standard InChI is InChI=1S/C14H16N4O5.ClH/c1-18(2)9-6-5-8(12(15-9)13(19)20)23-14-16-10(21-3)7-11(17-14)22-4;/h5-7H,1-4H3,(H,19,20);1H. The first-order chi connectivity index (χ1) is 10.9. The molecule has 0 aliphatic carbocycles. The molecular formula is C14H17ClN4O5. The van der Waals surface area contributed by atoms with Gasteiger partial charge in [0, 0.05) is 14.1 Å². The maximum Gasteiger partial charge on any atom is 0.358 e. The molecule has 0 radical (unpaired) electrons. The fraction of sp³-hybridized carbons (Fsp3) is 0.286. The van der Waals surface area contributed by atoms with Crippen LogP contribution in [0.25, 0.3) is 0 Å².